The van der Waals surface area contributed by atoms with Crippen molar-refractivity contribution < 1.29 is 9.13 Å². The minimum absolute atomic E-state index is 0.00834. The summed E-state index contributed by atoms with van der Waals surface area (Å²) in [5.41, 5.74) is 7.36. The van der Waals surface area contributed by atoms with E-state index in [9.17, 15) is 4.39 Å². The number of rotatable bonds is 4. The van der Waals surface area contributed by atoms with Crippen LogP contribution in [-0.2, 0) is 6.42 Å². The van der Waals surface area contributed by atoms with E-state index in [-0.39, 0.29) is 17.6 Å². The molecule has 0 saturated carbocycles. The molecule has 0 amide bonds. The highest BCUT2D eigenvalue weighted by Crippen LogP contribution is 2.31. The third-order valence-electron chi connectivity index (χ3n) is 2.94. The Morgan fingerprint density at radius 2 is 2.00 bits per heavy atom. The molecule has 2 N–H and O–H groups in total. The normalized spacial score (nSPS) is 12.2. The molecule has 0 aliphatic rings. The minimum atomic E-state index is -0.331. The molecule has 2 aromatic rings. The van der Waals surface area contributed by atoms with Crippen LogP contribution >= 0.6 is 15.9 Å². The van der Waals surface area contributed by atoms with Crippen LogP contribution in [0.15, 0.2) is 40.9 Å². The summed E-state index contributed by atoms with van der Waals surface area (Å²) in [6.07, 6.45) is 0.669. The Labute approximate surface area is 126 Å². The molecule has 1 unspecified atom stereocenters. The molecule has 0 spiro atoms. The van der Waals surface area contributed by atoms with Crippen molar-refractivity contribution in [2.75, 3.05) is 0 Å². The first-order chi connectivity index (χ1) is 9.47. The van der Waals surface area contributed by atoms with Gasteiger partial charge in [-0.3, -0.25) is 0 Å². The van der Waals surface area contributed by atoms with Crippen LogP contribution in [0, 0.1) is 12.7 Å². The van der Waals surface area contributed by atoms with Crippen LogP contribution < -0.4 is 10.5 Å². The fourth-order valence-electron chi connectivity index (χ4n) is 1.97. The number of hydrogen-bond donors (Lipinski definition) is 1. The van der Waals surface area contributed by atoms with Crippen molar-refractivity contribution in [3.8, 4) is 11.5 Å². The number of halogens is 2. The standard InChI is InChI=1S/C16H17BrFNO/c1-10-4-3-5-15(16(10)18)20-14-7-6-13(17)9-12(14)8-11(2)19/h3-7,9,11H,8,19H2,1-2H3. The lowest BCUT2D eigenvalue weighted by atomic mass is 10.1. The van der Waals surface area contributed by atoms with Gasteiger partial charge in [0.2, 0.25) is 0 Å². The summed E-state index contributed by atoms with van der Waals surface area (Å²) >= 11 is 3.43. The second-order valence-corrected chi connectivity index (χ2v) is 5.84. The molecule has 1 atom stereocenters. The van der Waals surface area contributed by atoms with Gasteiger partial charge in [0.25, 0.3) is 0 Å². The fraction of sp³-hybridized carbons (Fsp3) is 0.250. The summed E-state index contributed by atoms with van der Waals surface area (Å²) in [5, 5.41) is 0. The van der Waals surface area contributed by atoms with Crippen LogP contribution in [-0.4, -0.2) is 6.04 Å². The van der Waals surface area contributed by atoms with Crippen LogP contribution in [0.2, 0.25) is 0 Å². The first kappa shape index (κ1) is 15.0. The maximum absolute atomic E-state index is 14.0. The van der Waals surface area contributed by atoms with Crippen LogP contribution in [0.5, 0.6) is 11.5 Å². The smallest absolute Gasteiger partial charge is 0.168 e. The van der Waals surface area contributed by atoms with E-state index < -0.39 is 0 Å². The van der Waals surface area contributed by atoms with Gasteiger partial charge in [-0.05, 0) is 55.7 Å². The van der Waals surface area contributed by atoms with Gasteiger partial charge in [0.15, 0.2) is 11.6 Å². The maximum Gasteiger partial charge on any atom is 0.168 e. The molecule has 0 radical (unpaired) electrons. The van der Waals surface area contributed by atoms with E-state index in [1.807, 2.05) is 25.1 Å². The number of nitrogens with two attached hydrogens (primary N) is 1. The van der Waals surface area contributed by atoms with Crippen molar-refractivity contribution in [3.05, 3.63) is 57.8 Å². The van der Waals surface area contributed by atoms with Gasteiger partial charge in [-0.15, -0.1) is 0 Å². The van der Waals surface area contributed by atoms with Crippen molar-refractivity contribution in [1.29, 1.82) is 0 Å². The molecule has 0 bridgehead atoms. The van der Waals surface area contributed by atoms with Gasteiger partial charge >= 0.3 is 0 Å². The maximum atomic E-state index is 14.0. The van der Waals surface area contributed by atoms with Crippen molar-refractivity contribution in [3.63, 3.8) is 0 Å². The second kappa shape index (κ2) is 6.37. The third-order valence-corrected chi connectivity index (χ3v) is 3.43. The van der Waals surface area contributed by atoms with E-state index in [0.29, 0.717) is 17.7 Å². The van der Waals surface area contributed by atoms with E-state index in [0.717, 1.165) is 10.0 Å². The van der Waals surface area contributed by atoms with Crippen LogP contribution in [0.4, 0.5) is 4.39 Å². The lowest BCUT2D eigenvalue weighted by molar-refractivity contribution is 0.434. The topological polar surface area (TPSA) is 35.2 Å². The van der Waals surface area contributed by atoms with Gasteiger partial charge in [0, 0.05) is 10.5 Å². The highest BCUT2D eigenvalue weighted by Gasteiger charge is 2.11. The predicted molar refractivity (Wildman–Crippen MR) is 82.7 cm³/mol. The summed E-state index contributed by atoms with van der Waals surface area (Å²) in [7, 11) is 0. The molecule has 0 aromatic heterocycles. The zero-order chi connectivity index (χ0) is 14.7. The quantitative estimate of drug-likeness (QED) is 0.886. The van der Waals surface area contributed by atoms with Crippen LogP contribution in [0.1, 0.15) is 18.1 Å². The molecule has 0 saturated heterocycles. The summed E-state index contributed by atoms with van der Waals surface area (Å²) in [4.78, 5) is 0. The number of benzene rings is 2. The van der Waals surface area contributed by atoms with E-state index in [1.165, 1.54) is 0 Å². The molecule has 20 heavy (non-hydrogen) atoms. The highest BCUT2D eigenvalue weighted by atomic mass is 79.9. The molecule has 2 aromatic carbocycles. The molecule has 2 nitrogen and oxygen atoms in total. The Morgan fingerprint density at radius 1 is 1.25 bits per heavy atom. The molecule has 106 valence electrons. The van der Waals surface area contributed by atoms with E-state index in [2.05, 4.69) is 15.9 Å². The zero-order valence-electron chi connectivity index (χ0n) is 11.5. The summed E-state index contributed by atoms with van der Waals surface area (Å²) in [6.45, 7) is 3.64. The van der Waals surface area contributed by atoms with Gasteiger partial charge in [-0.2, -0.15) is 0 Å². The highest BCUT2D eigenvalue weighted by molar-refractivity contribution is 9.10. The molecular weight excluding hydrogens is 321 g/mol. The number of ether oxygens (including phenoxy) is 1. The van der Waals surface area contributed by atoms with Crippen molar-refractivity contribution in [2.45, 2.75) is 26.3 Å². The second-order valence-electron chi connectivity index (χ2n) is 4.92. The Morgan fingerprint density at radius 3 is 2.70 bits per heavy atom. The average Bonchev–Trinajstić information content (AvgIpc) is 2.37. The first-order valence-corrected chi connectivity index (χ1v) is 7.23. The monoisotopic (exact) mass is 337 g/mol. The SMILES string of the molecule is Cc1cccc(Oc2ccc(Br)cc2CC(C)N)c1F. The molecular formula is C16H17BrFNO. The summed E-state index contributed by atoms with van der Waals surface area (Å²) in [5.74, 6) is 0.537. The van der Waals surface area contributed by atoms with Gasteiger partial charge in [0.05, 0.1) is 0 Å². The van der Waals surface area contributed by atoms with Crippen molar-refractivity contribution >= 4 is 15.9 Å². The average molecular weight is 338 g/mol. The van der Waals surface area contributed by atoms with E-state index in [4.69, 9.17) is 10.5 Å². The van der Waals surface area contributed by atoms with Gasteiger partial charge in [-0.1, -0.05) is 28.1 Å². The zero-order valence-corrected chi connectivity index (χ0v) is 13.1. The Kier molecular flexibility index (Phi) is 4.78. The van der Waals surface area contributed by atoms with Crippen LogP contribution in [0.25, 0.3) is 0 Å². The Balaban J connectivity index is 2.35. The number of aryl methyl sites for hydroxylation is 1. The van der Waals surface area contributed by atoms with Crippen LogP contribution in [0.3, 0.4) is 0 Å². The van der Waals surface area contributed by atoms with Gasteiger partial charge in [-0.25, -0.2) is 4.39 Å². The van der Waals surface area contributed by atoms with Crippen molar-refractivity contribution in [1.82, 2.24) is 0 Å². The Bertz CT molecular complexity index is 613. The third kappa shape index (κ3) is 3.58. The van der Waals surface area contributed by atoms with Gasteiger partial charge < -0.3 is 10.5 Å². The lowest BCUT2D eigenvalue weighted by Crippen LogP contribution is -2.18. The number of hydrogen-bond acceptors (Lipinski definition) is 2. The molecule has 2 rings (SSSR count). The minimum Gasteiger partial charge on any atom is -0.454 e. The summed E-state index contributed by atoms with van der Waals surface area (Å²) < 4.78 is 20.7. The van der Waals surface area contributed by atoms with E-state index >= 15 is 0 Å². The molecule has 4 heteroatoms. The molecule has 0 heterocycles. The molecule has 0 aliphatic heterocycles. The van der Waals surface area contributed by atoms with Gasteiger partial charge in [0.1, 0.15) is 5.75 Å². The molecule has 0 fully saturated rings. The lowest BCUT2D eigenvalue weighted by Gasteiger charge is -2.14. The fourth-order valence-corrected chi connectivity index (χ4v) is 2.38. The Hall–Kier alpha value is -1.39. The largest absolute Gasteiger partial charge is 0.454 e. The molecule has 0 aliphatic carbocycles. The van der Waals surface area contributed by atoms with Crippen molar-refractivity contribution in [2.24, 2.45) is 5.73 Å². The predicted octanol–water partition coefficient (Wildman–Crippen LogP) is 4.58. The van der Waals surface area contributed by atoms with E-state index in [1.54, 1.807) is 25.1 Å². The summed E-state index contributed by atoms with van der Waals surface area (Å²) in [6, 6.07) is 10.8. The first-order valence-electron chi connectivity index (χ1n) is 6.44.